The van der Waals surface area contributed by atoms with E-state index < -0.39 is 0 Å². The second kappa shape index (κ2) is 7.13. The standard InChI is InChI=1S/C14H21NO3/c1-11(2)9-18-10-12-5-7-13(8-6-12)14(16)15(3)17-4/h5-8,11H,9-10H2,1-4H3. The number of hydrogen-bond donors (Lipinski definition) is 0. The Hall–Kier alpha value is -1.39. The van der Waals surface area contributed by atoms with Gasteiger partial charge in [0, 0.05) is 19.2 Å². The van der Waals surface area contributed by atoms with Crippen molar-refractivity contribution in [2.24, 2.45) is 5.92 Å². The Morgan fingerprint density at radius 1 is 1.28 bits per heavy atom. The summed E-state index contributed by atoms with van der Waals surface area (Å²) in [5.41, 5.74) is 1.67. The molecule has 0 N–H and O–H groups in total. The summed E-state index contributed by atoms with van der Waals surface area (Å²) in [5, 5.41) is 1.20. The fraction of sp³-hybridized carbons (Fsp3) is 0.500. The highest BCUT2D eigenvalue weighted by Crippen LogP contribution is 2.08. The molecule has 0 radical (unpaired) electrons. The van der Waals surface area contributed by atoms with Crippen molar-refractivity contribution in [1.29, 1.82) is 0 Å². The third-order valence-corrected chi connectivity index (χ3v) is 2.48. The van der Waals surface area contributed by atoms with E-state index in [0.717, 1.165) is 12.2 Å². The molecule has 0 aliphatic rings. The van der Waals surface area contributed by atoms with Crippen molar-refractivity contribution in [3.63, 3.8) is 0 Å². The number of benzene rings is 1. The highest BCUT2D eigenvalue weighted by atomic mass is 16.7. The number of carbonyl (C=O) groups is 1. The SMILES string of the molecule is CON(C)C(=O)c1ccc(COCC(C)C)cc1. The maximum Gasteiger partial charge on any atom is 0.277 e. The lowest BCUT2D eigenvalue weighted by Gasteiger charge is -2.13. The molecule has 0 heterocycles. The van der Waals surface area contributed by atoms with E-state index in [1.165, 1.54) is 12.2 Å². The van der Waals surface area contributed by atoms with Gasteiger partial charge < -0.3 is 4.74 Å². The molecule has 0 atom stereocenters. The van der Waals surface area contributed by atoms with Crippen LogP contribution in [0.5, 0.6) is 0 Å². The first-order valence-corrected chi connectivity index (χ1v) is 6.03. The van der Waals surface area contributed by atoms with Crippen LogP contribution < -0.4 is 0 Å². The van der Waals surface area contributed by atoms with Gasteiger partial charge in [-0.3, -0.25) is 9.63 Å². The van der Waals surface area contributed by atoms with Crippen LogP contribution >= 0.6 is 0 Å². The van der Waals surface area contributed by atoms with Crippen molar-refractivity contribution in [3.8, 4) is 0 Å². The van der Waals surface area contributed by atoms with Crippen molar-refractivity contribution < 1.29 is 14.4 Å². The van der Waals surface area contributed by atoms with Crippen LogP contribution in [-0.2, 0) is 16.2 Å². The Bertz CT molecular complexity index is 373. The summed E-state index contributed by atoms with van der Waals surface area (Å²) in [6, 6.07) is 7.37. The Morgan fingerprint density at radius 3 is 2.39 bits per heavy atom. The number of amides is 1. The smallest absolute Gasteiger partial charge is 0.277 e. The Labute approximate surface area is 108 Å². The van der Waals surface area contributed by atoms with Crippen LogP contribution in [0.2, 0.25) is 0 Å². The number of carbonyl (C=O) groups excluding carboxylic acids is 1. The van der Waals surface area contributed by atoms with Gasteiger partial charge in [-0.25, -0.2) is 5.06 Å². The highest BCUT2D eigenvalue weighted by Gasteiger charge is 2.10. The summed E-state index contributed by atoms with van der Waals surface area (Å²) in [6.45, 7) is 5.55. The molecule has 0 aromatic heterocycles. The van der Waals surface area contributed by atoms with Gasteiger partial charge in [0.15, 0.2) is 0 Å². The molecule has 1 rings (SSSR count). The molecular weight excluding hydrogens is 230 g/mol. The van der Waals surface area contributed by atoms with E-state index in [1.54, 1.807) is 19.2 Å². The van der Waals surface area contributed by atoms with Crippen LogP contribution in [0, 0.1) is 5.92 Å². The first-order valence-electron chi connectivity index (χ1n) is 6.03. The molecule has 18 heavy (non-hydrogen) atoms. The van der Waals surface area contributed by atoms with Gasteiger partial charge in [0.25, 0.3) is 5.91 Å². The largest absolute Gasteiger partial charge is 0.377 e. The van der Waals surface area contributed by atoms with Gasteiger partial charge in [-0.2, -0.15) is 0 Å². The van der Waals surface area contributed by atoms with E-state index in [-0.39, 0.29) is 5.91 Å². The van der Waals surface area contributed by atoms with E-state index >= 15 is 0 Å². The van der Waals surface area contributed by atoms with E-state index in [9.17, 15) is 4.79 Å². The first kappa shape index (κ1) is 14.7. The lowest BCUT2D eigenvalue weighted by atomic mass is 10.1. The zero-order valence-electron chi connectivity index (χ0n) is 11.5. The molecule has 0 spiro atoms. The molecule has 0 aliphatic heterocycles. The summed E-state index contributed by atoms with van der Waals surface area (Å²) in [5.74, 6) is 0.369. The third-order valence-electron chi connectivity index (χ3n) is 2.48. The summed E-state index contributed by atoms with van der Waals surface area (Å²) in [4.78, 5) is 16.6. The molecule has 4 nitrogen and oxygen atoms in total. The lowest BCUT2D eigenvalue weighted by Crippen LogP contribution is -2.25. The Morgan fingerprint density at radius 2 is 1.89 bits per heavy atom. The molecule has 1 aromatic carbocycles. The van der Waals surface area contributed by atoms with Gasteiger partial charge >= 0.3 is 0 Å². The lowest BCUT2D eigenvalue weighted by molar-refractivity contribution is -0.0757. The summed E-state index contributed by atoms with van der Waals surface area (Å²) in [6.07, 6.45) is 0. The average molecular weight is 251 g/mol. The monoisotopic (exact) mass is 251 g/mol. The summed E-state index contributed by atoms with van der Waals surface area (Å²) in [7, 11) is 3.05. The first-order chi connectivity index (χ1) is 8.54. The van der Waals surface area contributed by atoms with Gasteiger partial charge in [0.05, 0.1) is 13.7 Å². The second-order valence-electron chi connectivity index (χ2n) is 4.59. The predicted octanol–water partition coefficient (Wildman–Crippen LogP) is 2.49. The zero-order chi connectivity index (χ0) is 13.5. The van der Waals surface area contributed by atoms with Gasteiger partial charge in [0.1, 0.15) is 0 Å². The number of rotatable bonds is 6. The van der Waals surface area contributed by atoms with E-state index in [4.69, 9.17) is 9.57 Å². The molecular formula is C14H21NO3. The van der Waals surface area contributed by atoms with E-state index in [2.05, 4.69) is 13.8 Å². The maximum absolute atomic E-state index is 11.8. The summed E-state index contributed by atoms with van der Waals surface area (Å²) >= 11 is 0. The third kappa shape index (κ3) is 4.47. The van der Waals surface area contributed by atoms with Crippen molar-refractivity contribution >= 4 is 5.91 Å². The van der Waals surface area contributed by atoms with Crippen LogP contribution in [0.3, 0.4) is 0 Å². The van der Waals surface area contributed by atoms with Crippen LogP contribution in [0.15, 0.2) is 24.3 Å². The van der Waals surface area contributed by atoms with Gasteiger partial charge in [-0.15, -0.1) is 0 Å². The fourth-order valence-electron chi connectivity index (χ4n) is 1.42. The van der Waals surface area contributed by atoms with E-state index in [0.29, 0.717) is 18.1 Å². The molecule has 0 saturated carbocycles. The number of ether oxygens (including phenoxy) is 1. The minimum absolute atomic E-state index is 0.160. The number of hydroxylamine groups is 2. The molecule has 4 heteroatoms. The van der Waals surface area contributed by atoms with Crippen LogP contribution in [0.25, 0.3) is 0 Å². The van der Waals surface area contributed by atoms with Crippen LogP contribution in [0.1, 0.15) is 29.8 Å². The summed E-state index contributed by atoms with van der Waals surface area (Å²) < 4.78 is 5.53. The normalized spacial score (nSPS) is 10.7. The van der Waals surface area contributed by atoms with Crippen molar-refractivity contribution in [1.82, 2.24) is 5.06 Å². The molecule has 0 aliphatic carbocycles. The molecule has 0 bridgehead atoms. The number of nitrogens with zero attached hydrogens (tertiary/aromatic N) is 1. The Kier molecular flexibility index (Phi) is 5.82. The molecule has 1 aromatic rings. The average Bonchev–Trinajstić information content (AvgIpc) is 2.37. The molecule has 1 amide bonds. The van der Waals surface area contributed by atoms with Crippen LogP contribution in [-0.4, -0.2) is 31.7 Å². The zero-order valence-corrected chi connectivity index (χ0v) is 11.5. The van der Waals surface area contributed by atoms with Crippen LogP contribution in [0.4, 0.5) is 0 Å². The Balaban J connectivity index is 2.54. The maximum atomic E-state index is 11.8. The van der Waals surface area contributed by atoms with E-state index in [1.807, 2.05) is 12.1 Å². The van der Waals surface area contributed by atoms with Gasteiger partial charge in [-0.1, -0.05) is 26.0 Å². The quantitative estimate of drug-likeness (QED) is 0.729. The van der Waals surface area contributed by atoms with Crippen molar-refractivity contribution in [3.05, 3.63) is 35.4 Å². The molecule has 0 saturated heterocycles. The highest BCUT2D eigenvalue weighted by molar-refractivity contribution is 5.93. The minimum atomic E-state index is -0.160. The molecule has 0 fully saturated rings. The van der Waals surface area contributed by atoms with Gasteiger partial charge in [0.2, 0.25) is 0 Å². The molecule has 100 valence electrons. The predicted molar refractivity (Wildman–Crippen MR) is 70.0 cm³/mol. The fourth-order valence-corrected chi connectivity index (χ4v) is 1.42. The minimum Gasteiger partial charge on any atom is -0.377 e. The number of hydrogen-bond acceptors (Lipinski definition) is 3. The van der Waals surface area contributed by atoms with Gasteiger partial charge in [-0.05, 0) is 23.6 Å². The van der Waals surface area contributed by atoms with Crippen molar-refractivity contribution in [2.75, 3.05) is 20.8 Å². The molecule has 0 unspecified atom stereocenters. The second-order valence-corrected chi connectivity index (χ2v) is 4.59. The van der Waals surface area contributed by atoms with Crippen molar-refractivity contribution in [2.45, 2.75) is 20.5 Å². The topological polar surface area (TPSA) is 38.8 Å².